The summed E-state index contributed by atoms with van der Waals surface area (Å²) in [5, 5.41) is 0. The van der Waals surface area contributed by atoms with Crippen molar-refractivity contribution in [1.82, 2.24) is 0 Å². The van der Waals surface area contributed by atoms with Crippen molar-refractivity contribution < 1.29 is 14.3 Å². The van der Waals surface area contributed by atoms with E-state index in [1.54, 1.807) is 0 Å². The lowest BCUT2D eigenvalue weighted by molar-refractivity contribution is -0.149. The Kier molecular flexibility index (Phi) is 2.06. The molecular formula is C10H16O3. The van der Waals surface area contributed by atoms with Gasteiger partial charge in [-0.05, 0) is 24.2 Å². The number of carbonyl (C=O) groups is 1. The molecule has 0 radical (unpaired) electrons. The van der Waals surface area contributed by atoms with Crippen LogP contribution in [0.25, 0.3) is 0 Å². The first kappa shape index (κ1) is 9.00. The number of methoxy groups -OCH3 is 1. The van der Waals surface area contributed by atoms with Crippen molar-refractivity contribution in [2.45, 2.75) is 32.3 Å². The van der Waals surface area contributed by atoms with E-state index in [9.17, 15) is 4.79 Å². The molecule has 0 bridgehead atoms. The Bertz CT molecular complexity index is 226. The van der Waals surface area contributed by atoms with Gasteiger partial charge in [0.15, 0.2) is 0 Å². The van der Waals surface area contributed by atoms with Gasteiger partial charge in [-0.15, -0.1) is 0 Å². The normalized spacial score (nSPS) is 42.3. The fourth-order valence-electron chi connectivity index (χ4n) is 2.71. The molecular weight excluding hydrogens is 168 g/mol. The monoisotopic (exact) mass is 184 g/mol. The van der Waals surface area contributed by atoms with E-state index < -0.39 is 0 Å². The Morgan fingerprint density at radius 2 is 2.46 bits per heavy atom. The molecule has 3 heteroatoms. The van der Waals surface area contributed by atoms with Gasteiger partial charge in [0.25, 0.3) is 0 Å². The first-order chi connectivity index (χ1) is 6.15. The predicted molar refractivity (Wildman–Crippen MR) is 47.2 cm³/mol. The van der Waals surface area contributed by atoms with Crippen molar-refractivity contribution in [3.05, 3.63) is 0 Å². The van der Waals surface area contributed by atoms with Gasteiger partial charge in [0.2, 0.25) is 0 Å². The summed E-state index contributed by atoms with van der Waals surface area (Å²) in [6.45, 7) is 3.11. The molecule has 1 heterocycles. The third-order valence-electron chi connectivity index (χ3n) is 3.47. The molecule has 0 aromatic heterocycles. The molecule has 3 unspecified atom stereocenters. The Labute approximate surface area is 78.4 Å². The van der Waals surface area contributed by atoms with E-state index in [0.29, 0.717) is 23.9 Å². The summed E-state index contributed by atoms with van der Waals surface area (Å²) in [6.07, 6.45) is 3.10. The van der Waals surface area contributed by atoms with Crippen LogP contribution in [-0.2, 0) is 14.3 Å². The van der Waals surface area contributed by atoms with Crippen molar-refractivity contribution in [1.29, 1.82) is 0 Å². The quantitative estimate of drug-likeness (QED) is 0.608. The predicted octanol–water partition coefficient (Wildman–Crippen LogP) is 1.36. The first-order valence-corrected chi connectivity index (χ1v) is 4.84. The van der Waals surface area contributed by atoms with Crippen molar-refractivity contribution in [3.63, 3.8) is 0 Å². The van der Waals surface area contributed by atoms with Gasteiger partial charge in [0, 0.05) is 6.61 Å². The third-order valence-corrected chi connectivity index (χ3v) is 3.47. The second kappa shape index (κ2) is 2.98. The molecule has 3 nitrogen and oxygen atoms in total. The highest BCUT2D eigenvalue weighted by atomic mass is 16.5. The molecule has 2 aliphatic rings. The highest BCUT2D eigenvalue weighted by molar-refractivity contribution is 5.69. The maximum absolute atomic E-state index is 11.0. The van der Waals surface area contributed by atoms with Crippen molar-refractivity contribution in [2.75, 3.05) is 13.7 Å². The van der Waals surface area contributed by atoms with Crippen molar-refractivity contribution >= 4 is 5.97 Å². The lowest BCUT2D eigenvalue weighted by atomic mass is 9.59. The Balaban J connectivity index is 1.89. The topological polar surface area (TPSA) is 35.5 Å². The zero-order valence-electron chi connectivity index (χ0n) is 8.21. The average molecular weight is 184 g/mol. The maximum atomic E-state index is 11.0. The van der Waals surface area contributed by atoms with Crippen LogP contribution in [-0.4, -0.2) is 25.8 Å². The fourth-order valence-corrected chi connectivity index (χ4v) is 2.71. The van der Waals surface area contributed by atoms with Crippen LogP contribution in [0.5, 0.6) is 0 Å². The lowest BCUT2D eigenvalue weighted by Crippen LogP contribution is -2.48. The largest absolute Gasteiger partial charge is 0.469 e. The Hall–Kier alpha value is -0.570. The van der Waals surface area contributed by atoms with E-state index in [1.807, 2.05) is 0 Å². The molecule has 0 N–H and O–H groups in total. The second-order valence-corrected chi connectivity index (χ2v) is 4.44. The molecule has 0 aromatic carbocycles. The van der Waals surface area contributed by atoms with Gasteiger partial charge in [-0.3, -0.25) is 4.79 Å². The zero-order valence-corrected chi connectivity index (χ0v) is 8.21. The van der Waals surface area contributed by atoms with Gasteiger partial charge in [-0.2, -0.15) is 0 Å². The van der Waals surface area contributed by atoms with E-state index in [0.717, 1.165) is 19.4 Å². The number of ether oxygens (including phenoxy) is 2. The summed E-state index contributed by atoms with van der Waals surface area (Å²) in [5.74, 6) is 0.294. The molecule has 3 atom stereocenters. The van der Waals surface area contributed by atoms with E-state index >= 15 is 0 Å². The number of rotatable bonds is 2. The van der Waals surface area contributed by atoms with Crippen molar-refractivity contribution in [2.24, 2.45) is 11.3 Å². The molecule has 0 amide bonds. The number of fused-ring (bicyclic) bond motifs is 1. The lowest BCUT2D eigenvalue weighted by Gasteiger charge is -2.47. The molecule has 74 valence electrons. The Morgan fingerprint density at radius 1 is 1.69 bits per heavy atom. The number of hydrogen-bond acceptors (Lipinski definition) is 3. The van der Waals surface area contributed by atoms with Gasteiger partial charge in [0.1, 0.15) is 0 Å². The average Bonchev–Trinajstić information content (AvgIpc) is 2.38. The molecule has 0 aromatic rings. The van der Waals surface area contributed by atoms with Crippen LogP contribution in [0, 0.1) is 11.3 Å². The van der Waals surface area contributed by atoms with Gasteiger partial charge in [0.05, 0.1) is 19.6 Å². The molecule has 13 heavy (non-hydrogen) atoms. The van der Waals surface area contributed by atoms with Crippen LogP contribution in [0.15, 0.2) is 0 Å². The summed E-state index contributed by atoms with van der Waals surface area (Å²) in [5.41, 5.74) is 0.360. The van der Waals surface area contributed by atoms with Crippen molar-refractivity contribution in [3.8, 4) is 0 Å². The fraction of sp³-hybridized carbons (Fsp3) is 0.900. The van der Waals surface area contributed by atoms with Crippen LogP contribution in [0.3, 0.4) is 0 Å². The summed E-state index contributed by atoms with van der Waals surface area (Å²) < 4.78 is 10.2. The highest BCUT2D eigenvalue weighted by Crippen LogP contribution is 2.54. The molecule has 0 spiro atoms. The summed E-state index contributed by atoms with van der Waals surface area (Å²) in [4.78, 5) is 11.0. The highest BCUT2D eigenvalue weighted by Gasteiger charge is 2.54. The van der Waals surface area contributed by atoms with Crippen LogP contribution in [0.2, 0.25) is 0 Å². The van der Waals surface area contributed by atoms with Crippen LogP contribution in [0.1, 0.15) is 26.2 Å². The molecule has 2 fully saturated rings. The maximum Gasteiger partial charge on any atom is 0.305 e. The van der Waals surface area contributed by atoms with Gasteiger partial charge >= 0.3 is 5.97 Å². The van der Waals surface area contributed by atoms with E-state index in [4.69, 9.17) is 4.74 Å². The summed E-state index contributed by atoms with van der Waals surface area (Å²) >= 11 is 0. The Morgan fingerprint density at radius 3 is 3.08 bits per heavy atom. The SMILES string of the molecule is COC(=O)CC1CC2(C)CCOC12. The second-order valence-electron chi connectivity index (χ2n) is 4.44. The number of carbonyl (C=O) groups excluding carboxylic acids is 1. The van der Waals surface area contributed by atoms with Gasteiger partial charge in [-0.25, -0.2) is 0 Å². The molecule has 1 aliphatic heterocycles. The zero-order chi connectivity index (χ0) is 9.47. The molecule has 1 aliphatic carbocycles. The summed E-state index contributed by atoms with van der Waals surface area (Å²) in [7, 11) is 1.44. The van der Waals surface area contributed by atoms with E-state index in [2.05, 4.69) is 11.7 Å². The van der Waals surface area contributed by atoms with Crippen LogP contribution < -0.4 is 0 Å². The number of hydrogen-bond donors (Lipinski definition) is 0. The molecule has 1 saturated carbocycles. The van der Waals surface area contributed by atoms with E-state index in [-0.39, 0.29) is 5.97 Å². The summed E-state index contributed by atoms with van der Waals surface area (Å²) in [6, 6.07) is 0. The number of esters is 1. The first-order valence-electron chi connectivity index (χ1n) is 4.84. The third kappa shape index (κ3) is 1.35. The minimum absolute atomic E-state index is 0.109. The van der Waals surface area contributed by atoms with E-state index in [1.165, 1.54) is 7.11 Å². The molecule has 2 rings (SSSR count). The van der Waals surface area contributed by atoms with Crippen LogP contribution >= 0.6 is 0 Å². The molecule has 1 saturated heterocycles. The minimum atomic E-state index is -0.109. The standard InChI is InChI=1S/C10H16O3/c1-10-3-4-13-9(10)7(6-10)5-8(11)12-2/h7,9H,3-6H2,1-2H3. The minimum Gasteiger partial charge on any atom is -0.469 e. The van der Waals surface area contributed by atoms with Gasteiger partial charge in [-0.1, -0.05) is 6.92 Å². The van der Waals surface area contributed by atoms with Crippen LogP contribution in [0.4, 0.5) is 0 Å². The van der Waals surface area contributed by atoms with Gasteiger partial charge < -0.3 is 9.47 Å². The smallest absolute Gasteiger partial charge is 0.305 e.